The molecule has 1 aromatic heterocycles. The summed E-state index contributed by atoms with van der Waals surface area (Å²) in [6.45, 7) is 5.76. The van der Waals surface area contributed by atoms with Crippen LogP contribution >= 0.6 is 0 Å². The van der Waals surface area contributed by atoms with Gasteiger partial charge in [-0.1, -0.05) is 18.2 Å². The summed E-state index contributed by atoms with van der Waals surface area (Å²) in [5.41, 5.74) is 2.69. The molecule has 4 rings (SSSR count). The van der Waals surface area contributed by atoms with E-state index in [1.807, 2.05) is 54.2 Å². The third-order valence-electron chi connectivity index (χ3n) is 6.46. The third kappa shape index (κ3) is 5.31. The molecule has 2 aliphatic heterocycles. The number of carbonyl (C=O) groups excluding carboxylic acids is 2. The number of carbonyl (C=O) groups is 2. The fourth-order valence-corrected chi connectivity index (χ4v) is 4.51. The van der Waals surface area contributed by atoms with Gasteiger partial charge >= 0.3 is 0 Å². The Morgan fingerprint density at radius 1 is 1.18 bits per heavy atom. The molecule has 0 bridgehead atoms. The Morgan fingerprint density at radius 2 is 1.94 bits per heavy atom. The molecule has 2 amide bonds. The van der Waals surface area contributed by atoms with E-state index in [-0.39, 0.29) is 24.4 Å². The number of methoxy groups -OCH3 is 1. The van der Waals surface area contributed by atoms with Crippen molar-refractivity contribution in [2.75, 3.05) is 53.0 Å². The summed E-state index contributed by atoms with van der Waals surface area (Å²) in [4.78, 5) is 29.8. The van der Waals surface area contributed by atoms with Crippen LogP contribution in [-0.4, -0.2) is 89.9 Å². The van der Waals surface area contributed by atoms with E-state index < -0.39 is 0 Å². The van der Waals surface area contributed by atoms with Crippen LogP contribution < -0.4 is 4.74 Å². The monoisotopic (exact) mass is 467 g/mol. The maximum absolute atomic E-state index is 13.5. The first kappa shape index (κ1) is 24.0. The van der Waals surface area contributed by atoms with Gasteiger partial charge in [-0.25, -0.2) is 5.01 Å². The number of aromatic nitrogens is 1. The number of ether oxygens (including phenoxy) is 2. The standard InChI is InChI=1S/C25H33N5O4/c1-19(31)29(12-11-28-13-15-34-16-14-28)18-25(32)30-23(20-7-4-5-9-24(20)33-3)17-21(26-30)22-8-6-10-27(22)2/h4-10,23H,11-18H2,1-3H3/t23-/m0/s1. The molecular formula is C25H33N5O4. The highest BCUT2D eigenvalue weighted by Crippen LogP contribution is 2.37. The normalized spacial score (nSPS) is 18.6. The first-order valence-corrected chi connectivity index (χ1v) is 11.7. The molecule has 1 atom stereocenters. The maximum Gasteiger partial charge on any atom is 0.262 e. The largest absolute Gasteiger partial charge is 0.496 e. The number of rotatable bonds is 8. The highest BCUT2D eigenvalue weighted by Gasteiger charge is 2.36. The van der Waals surface area contributed by atoms with Gasteiger partial charge in [-0.2, -0.15) is 5.10 Å². The van der Waals surface area contributed by atoms with Gasteiger partial charge in [0.25, 0.3) is 5.91 Å². The number of benzene rings is 1. The minimum atomic E-state index is -0.304. The molecule has 0 aliphatic carbocycles. The van der Waals surface area contributed by atoms with Crippen molar-refractivity contribution >= 4 is 17.5 Å². The molecule has 0 radical (unpaired) electrons. The minimum Gasteiger partial charge on any atom is -0.496 e. The Balaban J connectivity index is 1.55. The molecule has 0 N–H and O–H groups in total. The van der Waals surface area contributed by atoms with Crippen LogP contribution in [0.2, 0.25) is 0 Å². The minimum absolute atomic E-state index is 0.0186. The van der Waals surface area contributed by atoms with Crippen molar-refractivity contribution in [2.24, 2.45) is 12.1 Å². The number of para-hydroxylation sites is 1. The van der Waals surface area contributed by atoms with Crippen LogP contribution in [0.3, 0.4) is 0 Å². The van der Waals surface area contributed by atoms with Crippen molar-refractivity contribution in [1.82, 2.24) is 19.4 Å². The van der Waals surface area contributed by atoms with Crippen LogP contribution in [0.1, 0.15) is 30.6 Å². The van der Waals surface area contributed by atoms with E-state index in [9.17, 15) is 9.59 Å². The van der Waals surface area contributed by atoms with Crippen molar-refractivity contribution in [3.05, 3.63) is 53.9 Å². The summed E-state index contributed by atoms with van der Waals surface area (Å²) in [6, 6.07) is 11.4. The summed E-state index contributed by atoms with van der Waals surface area (Å²) in [5, 5.41) is 6.28. The second-order valence-electron chi connectivity index (χ2n) is 8.65. The fourth-order valence-electron chi connectivity index (χ4n) is 4.51. The predicted molar refractivity (Wildman–Crippen MR) is 129 cm³/mol. The molecule has 1 fully saturated rings. The van der Waals surface area contributed by atoms with Gasteiger partial charge in [-0.15, -0.1) is 0 Å². The number of hydrazone groups is 1. The summed E-state index contributed by atoms with van der Waals surface area (Å²) < 4.78 is 13.0. The molecule has 2 aromatic rings. The molecule has 9 heteroatoms. The average molecular weight is 468 g/mol. The summed E-state index contributed by atoms with van der Waals surface area (Å²) in [6.07, 6.45) is 2.53. The first-order chi connectivity index (χ1) is 16.5. The lowest BCUT2D eigenvalue weighted by molar-refractivity contribution is -0.140. The van der Waals surface area contributed by atoms with Gasteiger partial charge in [0.2, 0.25) is 5.91 Å². The van der Waals surface area contributed by atoms with E-state index in [0.29, 0.717) is 38.5 Å². The highest BCUT2D eigenvalue weighted by molar-refractivity contribution is 6.02. The molecule has 9 nitrogen and oxygen atoms in total. The van der Waals surface area contributed by atoms with Crippen molar-refractivity contribution in [1.29, 1.82) is 0 Å². The summed E-state index contributed by atoms with van der Waals surface area (Å²) in [7, 11) is 3.59. The zero-order valence-corrected chi connectivity index (χ0v) is 20.1. The van der Waals surface area contributed by atoms with Crippen LogP contribution in [0, 0.1) is 0 Å². The fraction of sp³-hybridized carbons (Fsp3) is 0.480. The zero-order valence-electron chi connectivity index (χ0n) is 20.1. The lowest BCUT2D eigenvalue weighted by atomic mass is 9.99. The lowest BCUT2D eigenvalue weighted by Crippen LogP contribution is -2.46. The zero-order chi connectivity index (χ0) is 24.1. The van der Waals surface area contributed by atoms with Gasteiger partial charge in [-0.3, -0.25) is 14.5 Å². The van der Waals surface area contributed by atoms with Crippen LogP contribution in [0.5, 0.6) is 5.75 Å². The van der Waals surface area contributed by atoms with E-state index in [0.717, 1.165) is 30.1 Å². The van der Waals surface area contributed by atoms with E-state index in [1.165, 1.54) is 11.9 Å². The molecule has 0 spiro atoms. The number of nitrogens with zero attached hydrogens (tertiary/aromatic N) is 5. The molecule has 0 saturated carbocycles. The topological polar surface area (TPSA) is 79.6 Å². The van der Waals surface area contributed by atoms with Gasteiger partial charge in [0.1, 0.15) is 12.3 Å². The SMILES string of the molecule is COc1ccccc1[C@@H]1CC(c2cccn2C)=NN1C(=O)CN(CCN1CCOCC1)C(C)=O. The number of morpholine rings is 1. The molecule has 34 heavy (non-hydrogen) atoms. The van der Waals surface area contributed by atoms with Crippen LogP contribution in [0.4, 0.5) is 0 Å². The van der Waals surface area contributed by atoms with Gasteiger partial charge in [-0.05, 0) is 18.2 Å². The first-order valence-electron chi connectivity index (χ1n) is 11.7. The maximum atomic E-state index is 13.5. The quantitative estimate of drug-likeness (QED) is 0.593. The molecule has 3 heterocycles. The van der Waals surface area contributed by atoms with Crippen molar-refractivity contribution < 1.29 is 19.1 Å². The number of amides is 2. The van der Waals surface area contributed by atoms with E-state index in [2.05, 4.69) is 4.90 Å². The van der Waals surface area contributed by atoms with Gasteiger partial charge in [0.15, 0.2) is 0 Å². The number of hydrogen-bond donors (Lipinski definition) is 0. The summed E-state index contributed by atoms with van der Waals surface area (Å²) in [5.74, 6) is 0.378. The van der Waals surface area contributed by atoms with Gasteiger partial charge in [0, 0.05) is 58.3 Å². The Morgan fingerprint density at radius 3 is 2.62 bits per heavy atom. The Bertz CT molecular complexity index is 1040. The van der Waals surface area contributed by atoms with Crippen LogP contribution in [0.15, 0.2) is 47.7 Å². The van der Waals surface area contributed by atoms with Gasteiger partial charge < -0.3 is 18.9 Å². The molecular weight excluding hydrogens is 434 g/mol. The van der Waals surface area contributed by atoms with Crippen LogP contribution in [-0.2, 0) is 21.4 Å². The van der Waals surface area contributed by atoms with Crippen LogP contribution in [0.25, 0.3) is 0 Å². The molecule has 1 aromatic carbocycles. The van der Waals surface area contributed by atoms with E-state index in [1.54, 1.807) is 12.0 Å². The van der Waals surface area contributed by atoms with Crippen molar-refractivity contribution in [2.45, 2.75) is 19.4 Å². The number of aryl methyl sites for hydroxylation is 1. The Labute approximate surface area is 200 Å². The average Bonchev–Trinajstić information content (AvgIpc) is 3.48. The Hall–Kier alpha value is -3.17. The van der Waals surface area contributed by atoms with Gasteiger partial charge in [0.05, 0.1) is 37.8 Å². The highest BCUT2D eigenvalue weighted by atomic mass is 16.5. The molecule has 182 valence electrons. The predicted octanol–water partition coefficient (Wildman–Crippen LogP) is 1.89. The number of hydrogen-bond acceptors (Lipinski definition) is 6. The summed E-state index contributed by atoms with van der Waals surface area (Å²) >= 11 is 0. The van der Waals surface area contributed by atoms with E-state index in [4.69, 9.17) is 14.6 Å². The molecule has 0 unspecified atom stereocenters. The Kier molecular flexibility index (Phi) is 7.64. The second kappa shape index (κ2) is 10.8. The second-order valence-corrected chi connectivity index (χ2v) is 8.65. The molecule has 1 saturated heterocycles. The smallest absolute Gasteiger partial charge is 0.262 e. The van der Waals surface area contributed by atoms with Crippen molar-refractivity contribution in [3.8, 4) is 5.75 Å². The molecule has 2 aliphatic rings. The van der Waals surface area contributed by atoms with Crippen molar-refractivity contribution in [3.63, 3.8) is 0 Å². The lowest BCUT2D eigenvalue weighted by Gasteiger charge is -2.30. The van der Waals surface area contributed by atoms with E-state index >= 15 is 0 Å². The third-order valence-corrected chi connectivity index (χ3v) is 6.46.